The van der Waals surface area contributed by atoms with E-state index >= 15 is 0 Å². The molecule has 0 bridgehead atoms. The van der Waals surface area contributed by atoms with Crippen LogP contribution in [0.5, 0.6) is 0 Å². The Morgan fingerprint density at radius 3 is 0.242 bits per heavy atom. The van der Waals surface area contributed by atoms with Gasteiger partial charge in [0.15, 0.2) is 0 Å². The summed E-state index contributed by atoms with van der Waals surface area (Å²) in [5, 5.41) is 0. The molecule has 280 valence electrons. The Labute approximate surface area is 371 Å². The van der Waals surface area contributed by atoms with Crippen LogP contribution < -0.4 is 0 Å². The van der Waals surface area contributed by atoms with Crippen LogP contribution in [0.3, 0.4) is 0 Å². The van der Waals surface area contributed by atoms with Crippen molar-refractivity contribution in [2.75, 3.05) is 0 Å². The Kier molecular flexibility index (Phi) is 41.2. The average molecular weight is 777 g/mol. The minimum atomic E-state index is 1.53. The molecule has 0 aromatic carbocycles. The van der Waals surface area contributed by atoms with Crippen molar-refractivity contribution in [2.45, 2.75) is 0 Å². The second kappa shape index (κ2) is 50.1. The van der Waals surface area contributed by atoms with E-state index in [9.17, 15) is 0 Å². The predicted molar refractivity (Wildman–Crippen MR) is 264 cm³/mol. The fourth-order valence-corrected chi connectivity index (χ4v) is 2.61. The van der Waals surface area contributed by atoms with Crippen LogP contribution in [0.1, 0.15) is 0 Å². The normalized spacial score (nSPS) is 9.71. The minimum Gasteiger partial charge on any atom is -0.115 e. The van der Waals surface area contributed by atoms with E-state index in [4.69, 9.17) is 12.8 Å². The van der Waals surface area contributed by atoms with Gasteiger partial charge in [0.05, 0.1) is 0 Å². The summed E-state index contributed by atoms with van der Waals surface area (Å²) in [6, 6.07) is 0. The van der Waals surface area contributed by atoms with E-state index < -0.39 is 0 Å². The summed E-state index contributed by atoms with van der Waals surface area (Å²) >= 11 is 0. The van der Waals surface area contributed by atoms with Crippen molar-refractivity contribution in [2.24, 2.45) is 0 Å². The number of allylic oxidation sites excluding steroid dienone is 30. The Bertz CT molecular complexity index is 2800. The summed E-state index contributed by atoms with van der Waals surface area (Å²) in [6.07, 6.45) is 59.2. The number of rotatable bonds is 0. The van der Waals surface area contributed by atoms with Crippen LogP contribution >= 0.6 is 0 Å². The highest BCUT2D eigenvalue weighted by Gasteiger charge is 1.66. The van der Waals surface area contributed by atoms with Gasteiger partial charge in [-0.3, -0.25) is 0 Å². The lowest BCUT2D eigenvalue weighted by Crippen LogP contribution is -1.56. The fraction of sp³-hybridized carbons (Fsp3) is 0. The van der Waals surface area contributed by atoms with Crippen molar-refractivity contribution >= 4 is 0 Å². The van der Waals surface area contributed by atoms with E-state index in [-0.39, 0.29) is 0 Å². The molecule has 0 heterocycles. The van der Waals surface area contributed by atoms with Gasteiger partial charge in [-0.05, 0) is 182 Å². The van der Waals surface area contributed by atoms with E-state index in [1.807, 2.05) is 0 Å². The predicted octanol–water partition coefficient (Wildman–Crippen LogP) is 8.64. The molecule has 0 saturated carbocycles. The first-order valence-corrected chi connectivity index (χ1v) is 17.7. The minimum absolute atomic E-state index is 1.53. The fourth-order valence-electron chi connectivity index (χ4n) is 2.61. The van der Waals surface area contributed by atoms with Gasteiger partial charge >= 0.3 is 0 Å². The topological polar surface area (TPSA) is 0 Å². The van der Waals surface area contributed by atoms with Crippen molar-refractivity contribution in [1.82, 2.24) is 0 Å². The van der Waals surface area contributed by atoms with Crippen LogP contribution in [0, 0.1) is 190 Å². The summed E-state index contributed by atoms with van der Waals surface area (Å²) in [5.41, 5.74) is 0. The summed E-state index contributed by atoms with van der Waals surface area (Å²) in [4.78, 5) is 0. The quantitative estimate of drug-likeness (QED) is 0.216. The van der Waals surface area contributed by atoms with Crippen LogP contribution in [-0.2, 0) is 0 Å². The lowest BCUT2D eigenvalue weighted by Gasteiger charge is -1.68. The molecule has 0 fully saturated rings. The molecule has 0 spiro atoms. The van der Waals surface area contributed by atoms with Gasteiger partial charge in [-0.15, -0.1) is 12.8 Å². The van der Waals surface area contributed by atoms with Gasteiger partial charge in [0.2, 0.25) is 0 Å². The van der Waals surface area contributed by atoms with E-state index in [0.29, 0.717) is 0 Å². The second-order valence-electron chi connectivity index (χ2n) is 9.37. The molecular formula is C62H32. The molecule has 0 aliphatic carbocycles. The number of hydrogen-bond donors (Lipinski definition) is 0. The highest BCUT2D eigenvalue weighted by atomic mass is 13.7. The Hall–Kier alpha value is -10.9. The van der Waals surface area contributed by atoms with Crippen LogP contribution in [0.2, 0.25) is 0 Å². The maximum atomic E-state index is 5.07. The zero-order valence-corrected chi connectivity index (χ0v) is 33.5. The summed E-state index contributed by atoms with van der Waals surface area (Å²) in [6.45, 7) is 0. The number of hydrogen-bond acceptors (Lipinski definition) is 0. The van der Waals surface area contributed by atoms with Gasteiger partial charge < -0.3 is 0 Å². The molecule has 0 rings (SSSR count). The van der Waals surface area contributed by atoms with Crippen molar-refractivity contribution < 1.29 is 0 Å². The first-order chi connectivity index (χ1) is 30.9. The lowest BCUT2D eigenvalue weighted by atomic mass is 10.4. The molecule has 0 nitrogen and oxygen atoms in total. The molecule has 0 N–H and O–H groups in total. The molecule has 0 heteroatoms. The Morgan fingerprint density at radius 1 is 0.113 bits per heavy atom. The molecule has 0 amide bonds. The smallest absolute Gasteiger partial charge is 0.00316 e. The zero-order chi connectivity index (χ0) is 44.4. The lowest BCUT2D eigenvalue weighted by molar-refractivity contribution is 2.03. The maximum Gasteiger partial charge on any atom is -0.00316 e. The largest absolute Gasteiger partial charge is 0.115 e. The third-order valence-corrected chi connectivity index (χ3v) is 4.94. The third-order valence-electron chi connectivity index (χ3n) is 4.94. The summed E-state index contributed by atoms with van der Waals surface area (Å²) in [5.74, 6) is 83.8. The molecule has 0 aliphatic heterocycles. The monoisotopic (exact) mass is 776 g/mol. The summed E-state index contributed by atoms with van der Waals surface area (Å²) < 4.78 is 0. The standard InChI is InChI=1S/C62H32/c1-3-5-7-9-11-13-15-17-19-21-23-25-27-29-31-33-35-37-39-41-43-45-47-49-51-53-55-57-59-61-62-60-58-56-54-52-50-48-46-44-42-40-38-36-34-32-30-28-26-24-22-20-18-16-14-12-10-8-6-4-2/h1-2,5-8,13-16,21-24,29-32,37-40,45-48,53-56,61-62H/b7-5+,8-6+,15-13+,16-14+,23-21+,24-22+,31-29+,32-30+,39-37+,40-38+,47-45+,48-46+,55-53+,56-54+,62-61+. The molecule has 0 aromatic heterocycles. The third kappa shape index (κ3) is 49.1. The van der Waals surface area contributed by atoms with Crippen molar-refractivity contribution in [3.05, 3.63) is 182 Å². The van der Waals surface area contributed by atoms with Gasteiger partial charge in [-0.2, -0.15) is 0 Å². The van der Waals surface area contributed by atoms with Gasteiger partial charge in [-0.25, -0.2) is 0 Å². The Balaban J connectivity index is 4.32. The first-order valence-electron chi connectivity index (χ1n) is 17.7. The van der Waals surface area contributed by atoms with E-state index in [1.54, 1.807) is 170 Å². The molecule has 0 aromatic rings. The highest BCUT2D eigenvalue weighted by molar-refractivity contribution is 5.40. The second-order valence-corrected chi connectivity index (χ2v) is 9.37. The van der Waals surface area contributed by atoms with Gasteiger partial charge in [0.1, 0.15) is 0 Å². The van der Waals surface area contributed by atoms with Crippen LogP contribution in [0.15, 0.2) is 182 Å². The summed E-state index contributed by atoms with van der Waals surface area (Å²) in [7, 11) is 0. The first kappa shape index (κ1) is 51.1. The van der Waals surface area contributed by atoms with E-state index in [0.717, 1.165) is 0 Å². The molecule has 0 unspecified atom stereocenters. The van der Waals surface area contributed by atoms with Crippen LogP contribution in [0.4, 0.5) is 0 Å². The van der Waals surface area contributed by atoms with Crippen LogP contribution in [0.25, 0.3) is 0 Å². The number of terminal acetylenes is 2. The van der Waals surface area contributed by atoms with Crippen molar-refractivity contribution in [3.8, 4) is 190 Å². The molecule has 0 atom stereocenters. The maximum absolute atomic E-state index is 5.07. The van der Waals surface area contributed by atoms with Gasteiger partial charge in [-0.1, -0.05) is 178 Å². The average Bonchev–Trinajstić information content (AvgIpc) is 3.28. The SMILES string of the molecule is C#C/C=C/C#C/C=C/C#C/C=C/C#C/C=C/C#C/C=C/C#C/C=C/C#C/C=C/C#C/C=C/C#C/C=C/C#C/C=C/C#C/C=C/C#C/C=C/C#C/C=C/C#C/C=C/C#C/C=C/C#C. The molecular weight excluding hydrogens is 745 g/mol. The highest BCUT2D eigenvalue weighted by Crippen LogP contribution is 1.78. The van der Waals surface area contributed by atoms with Crippen LogP contribution in [-0.4, -0.2) is 0 Å². The Morgan fingerprint density at radius 2 is 0.177 bits per heavy atom. The van der Waals surface area contributed by atoms with Gasteiger partial charge in [0.25, 0.3) is 0 Å². The molecule has 62 heavy (non-hydrogen) atoms. The van der Waals surface area contributed by atoms with Crippen molar-refractivity contribution in [3.63, 3.8) is 0 Å². The molecule has 0 radical (unpaired) electrons. The van der Waals surface area contributed by atoms with Gasteiger partial charge in [0, 0.05) is 0 Å². The zero-order valence-electron chi connectivity index (χ0n) is 33.5. The van der Waals surface area contributed by atoms with Crippen molar-refractivity contribution in [1.29, 1.82) is 0 Å². The molecule has 0 aliphatic rings. The molecule has 0 saturated heterocycles. The van der Waals surface area contributed by atoms with E-state index in [2.05, 4.69) is 178 Å². The van der Waals surface area contributed by atoms with E-state index in [1.165, 1.54) is 12.2 Å².